The molecule has 0 aliphatic carbocycles. The number of thiazole rings is 1. The summed E-state index contributed by atoms with van der Waals surface area (Å²) in [5, 5.41) is 6.12. The Labute approximate surface area is 142 Å². The number of benzene rings is 2. The van der Waals surface area contributed by atoms with Crippen LogP contribution in [0.5, 0.6) is 11.5 Å². The van der Waals surface area contributed by atoms with E-state index in [1.54, 1.807) is 0 Å². The normalized spacial score (nSPS) is 12.4. The van der Waals surface area contributed by atoms with Gasteiger partial charge in [0.25, 0.3) is 0 Å². The minimum absolute atomic E-state index is 0.232. The second-order valence-electron chi connectivity index (χ2n) is 5.65. The van der Waals surface area contributed by atoms with Gasteiger partial charge in [-0.3, -0.25) is 5.32 Å². The quantitative estimate of drug-likeness (QED) is 0.729. The van der Waals surface area contributed by atoms with Gasteiger partial charge < -0.3 is 14.8 Å². The molecule has 1 aromatic heterocycles. The third-order valence-electron chi connectivity index (χ3n) is 3.58. The molecule has 0 fully saturated rings. The van der Waals surface area contributed by atoms with E-state index in [2.05, 4.69) is 21.7 Å². The molecule has 0 unspecified atom stereocenters. The van der Waals surface area contributed by atoms with E-state index in [1.807, 2.05) is 38.1 Å². The first-order chi connectivity index (χ1) is 11.6. The lowest BCUT2D eigenvalue weighted by atomic mass is 10.1. The molecule has 4 rings (SSSR count). The van der Waals surface area contributed by atoms with Gasteiger partial charge in [-0.25, -0.2) is 9.78 Å². The van der Waals surface area contributed by atoms with Crippen LogP contribution in [0.4, 0.5) is 15.6 Å². The molecule has 122 valence electrons. The minimum atomic E-state index is -0.320. The lowest BCUT2D eigenvalue weighted by Crippen LogP contribution is -2.19. The van der Waals surface area contributed by atoms with Gasteiger partial charge in [-0.1, -0.05) is 17.4 Å². The lowest BCUT2D eigenvalue weighted by molar-refractivity contribution is 0.174. The molecule has 0 saturated heterocycles. The number of urea groups is 1. The second kappa shape index (κ2) is 5.68. The van der Waals surface area contributed by atoms with Crippen LogP contribution in [0.1, 0.15) is 11.1 Å². The third-order valence-corrected chi connectivity index (χ3v) is 4.52. The smallest absolute Gasteiger partial charge is 0.325 e. The molecule has 0 radical (unpaired) electrons. The molecule has 7 heteroatoms. The number of nitrogens with zero attached hydrogens (tertiary/aromatic N) is 1. The zero-order valence-corrected chi connectivity index (χ0v) is 14.0. The van der Waals surface area contributed by atoms with E-state index in [0.29, 0.717) is 16.6 Å². The molecule has 2 N–H and O–H groups in total. The van der Waals surface area contributed by atoms with Crippen LogP contribution in [0, 0.1) is 13.8 Å². The summed E-state index contributed by atoms with van der Waals surface area (Å²) in [5.74, 6) is 1.39. The Bertz CT molecular complexity index is 890. The maximum absolute atomic E-state index is 12.2. The van der Waals surface area contributed by atoms with Crippen LogP contribution in [0.2, 0.25) is 0 Å². The van der Waals surface area contributed by atoms with E-state index in [-0.39, 0.29) is 12.8 Å². The molecular weight excluding hydrogens is 326 g/mol. The van der Waals surface area contributed by atoms with E-state index >= 15 is 0 Å². The van der Waals surface area contributed by atoms with Crippen molar-refractivity contribution in [1.29, 1.82) is 0 Å². The number of hydrogen-bond acceptors (Lipinski definition) is 5. The van der Waals surface area contributed by atoms with Crippen molar-refractivity contribution in [2.45, 2.75) is 13.8 Å². The molecule has 1 aliphatic heterocycles. The van der Waals surface area contributed by atoms with E-state index < -0.39 is 0 Å². The van der Waals surface area contributed by atoms with Crippen LogP contribution in [0.25, 0.3) is 10.2 Å². The number of aromatic nitrogens is 1. The van der Waals surface area contributed by atoms with Crippen LogP contribution in [0.15, 0.2) is 30.3 Å². The average Bonchev–Trinajstić information content (AvgIpc) is 3.07. The first kappa shape index (κ1) is 14.8. The first-order valence-electron chi connectivity index (χ1n) is 7.43. The van der Waals surface area contributed by atoms with Gasteiger partial charge in [-0.05, 0) is 37.1 Å². The zero-order chi connectivity index (χ0) is 16.7. The van der Waals surface area contributed by atoms with Crippen molar-refractivity contribution < 1.29 is 14.3 Å². The van der Waals surface area contributed by atoms with Crippen molar-refractivity contribution in [2.24, 2.45) is 0 Å². The number of hydrogen-bond donors (Lipinski definition) is 2. The van der Waals surface area contributed by atoms with Crippen LogP contribution in [0.3, 0.4) is 0 Å². The molecule has 1 aliphatic rings. The molecule has 3 aromatic rings. The summed E-state index contributed by atoms with van der Waals surface area (Å²) in [6, 6.07) is 9.27. The van der Waals surface area contributed by atoms with Crippen molar-refractivity contribution in [3.63, 3.8) is 0 Å². The standard InChI is InChI=1S/C17H15N3O3S/c1-9-3-10(2)5-11(4-9)18-16(21)20-17-19-12-6-13-14(23-8-22-13)7-15(12)24-17/h3-7H,8H2,1-2H3,(H2,18,19,20,21). The highest BCUT2D eigenvalue weighted by molar-refractivity contribution is 7.22. The van der Waals surface area contributed by atoms with Crippen LogP contribution in [-0.2, 0) is 0 Å². The maximum atomic E-state index is 12.2. The summed E-state index contributed by atoms with van der Waals surface area (Å²) in [6.07, 6.45) is 0. The van der Waals surface area contributed by atoms with Crippen LogP contribution >= 0.6 is 11.3 Å². The Morgan fingerprint density at radius 1 is 1.04 bits per heavy atom. The van der Waals surface area contributed by atoms with E-state index in [1.165, 1.54) is 11.3 Å². The van der Waals surface area contributed by atoms with Gasteiger partial charge in [0.2, 0.25) is 6.79 Å². The Morgan fingerprint density at radius 3 is 2.50 bits per heavy atom. The van der Waals surface area contributed by atoms with Gasteiger partial charge in [-0.2, -0.15) is 0 Å². The molecule has 0 spiro atoms. The highest BCUT2D eigenvalue weighted by Gasteiger charge is 2.17. The predicted molar refractivity (Wildman–Crippen MR) is 94.3 cm³/mol. The largest absolute Gasteiger partial charge is 0.454 e. The SMILES string of the molecule is Cc1cc(C)cc(NC(=O)Nc2nc3cc4c(cc3s2)OCO4)c1. The van der Waals surface area contributed by atoms with E-state index in [4.69, 9.17) is 9.47 Å². The average molecular weight is 341 g/mol. The summed E-state index contributed by atoms with van der Waals surface area (Å²) >= 11 is 1.39. The molecule has 0 saturated carbocycles. The van der Waals surface area contributed by atoms with E-state index in [9.17, 15) is 4.79 Å². The van der Waals surface area contributed by atoms with Gasteiger partial charge in [-0.15, -0.1) is 0 Å². The Morgan fingerprint density at radius 2 is 1.75 bits per heavy atom. The molecule has 0 atom stereocenters. The monoisotopic (exact) mass is 341 g/mol. The zero-order valence-electron chi connectivity index (χ0n) is 13.2. The fourth-order valence-corrected chi connectivity index (χ4v) is 3.55. The summed E-state index contributed by atoms with van der Waals surface area (Å²) in [4.78, 5) is 16.6. The van der Waals surface area contributed by atoms with Gasteiger partial charge >= 0.3 is 6.03 Å². The number of anilines is 2. The highest BCUT2D eigenvalue weighted by atomic mass is 32.1. The first-order valence-corrected chi connectivity index (χ1v) is 8.25. The summed E-state index contributed by atoms with van der Waals surface area (Å²) in [7, 11) is 0. The molecule has 24 heavy (non-hydrogen) atoms. The number of rotatable bonds is 2. The molecule has 0 bridgehead atoms. The van der Waals surface area contributed by atoms with Crippen LogP contribution < -0.4 is 20.1 Å². The van der Waals surface area contributed by atoms with Gasteiger partial charge in [0, 0.05) is 17.8 Å². The summed E-state index contributed by atoms with van der Waals surface area (Å²) in [6.45, 7) is 4.22. The minimum Gasteiger partial charge on any atom is -0.454 e. The predicted octanol–water partition coefficient (Wildman–Crippen LogP) is 4.29. The molecule has 6 nitrogen and oxygen atoms in total. The summed E-state index contributed by atoms with van der Waals surface area (Å²) < 4.78 is 11.6. The van der Waals surface area contributed by atoms with Crippen molar-refractivity contribution in [2.75, 3.05) is 17.4 Å². The van der Waals surface area contributed by atoms with Crippen molar-refractivity contribution >= 4 is 38.4 Å². The lowest BCUT2D eigenvalue weighted by Gasteiger charge is -2.07. The molecule has 2 heterocycles. The third kappa shape index (κ3) is 2.85. The Hall–Kier alpha value is -2.80. The fraction of sp³-hybridized carbons (Fsp3) is 0.176. The van der Waals surface area contributed by atoms with Crippen molar-refractivity contribution in [1.82, 2.24) is 4.98 Å². The number of aryl methyl sites for hydroxylation is 2. The fourth-order valence-electron chi connectivity index (χ4n) is 2.68. The Kier molecular flexibility index (Phi) is 3.50. The number of fused-ring (bicyclic) bond motifs is 2. The molecular formula is C17H15N3O3S. The van der Waals surface area contributed by atoms with Gasteiger partial charge in [0.1, 0.15) is 0 Å². The molecule has 2 amide bonds. The number of nitrogens with one attached hydrogen (secondary N) is 2. The number of carbonyl (C=O) groups is 1. The van der Waals surface area contributed by atoms with E-state index in [0.717, 1.165) is 27.0 Å². The molecule has 2 aromatic carbocycles. The maximum Gasteiger partial charge on any atom is 0.325 e. The van der Waals surface area contributed by atoms with Crippen molar-refractivity contribution in [3.05, 3.63) is 41.5 Å². The Balaban J connectivity index is 1.52. The number of amides is 2. The number of ether oxygens (including phenoxy) is 2. The van der Waals surface area contributed by atoms with Crippen molar-refractivity contribution in [3.8, 4) is 11.5 Å². The summed E-state index contributed by atoms with van der Waals surface area (Å²) in [5.41, 5.74) is 3.72. The van der Waals surface area contributed by atoms with Crippen LogP contribution in [-0.4, -0.2) is 17.8 Å². The topological polar surface area (TPSA) is 72.5 Å². The van der Waals surface area contributed by atoms with Gasteiger partial charge in [0.15, 0.2) is 16.6 Å². The van der Waals surface area contributed by atoms with Gasteiger partial charge in [0.05, 0.1) is 10.2 Å². The highest BCUT2D eigenvalue weighted by Crippen LogP contribution is 2.38. The number of carbonyl (C=O) groups excluding carboxylic acids is 1. The second-order valence-corrected chi connectivity index (χ2v) is 6.68.